The molecule has 1 unspecified atom stereocenters. The smallest absolute Gasteiger partial charge is 0.139 e. The summed E-state index contributed by atoms with van der Waals surface area (Å²) in [5.41, 5.74) is 0. The van der Waals surface area contributed by atoms with Crippen LogP contribution in [0.4, 0.5) is 0 Å². The van der Waals surface area contributed by atoms with Crippen molar-refractivity contribution in [1.82, 2.24) is 9.36 Å². The number of aryl methyl sites for hydroxylation is 1. The SMILES string of the molecule is Cc1nsc(C(C)C#N)n1. The molecule has 10 heavy (non-hydrogen) atoms. The highest BCUT2D eigenvalue weighted by atomic mass is 32.1. The minimum atomic E-state index is -0.119. The molecular weight excluding hydrogens is 146 g/mol. The Morgan fingerprint density at radius 3 is 2.80 bits per heavy atom. The maximum atomic E-state index is 8.49. The first-order valence-corrected chi connectivity index (χ1v) is 3.71. The lowest BCUT2D eigenvalue weighted by Crippen LogP contribution is -1.86. The highest BCUT2D eigenvalue weighted by Gasteiger charge is 2.07. The van der Waals surface area contributed by atoms with Crippen LogP contribution in [0.5, 0.6) is 0 Å². The van der Waals surface area contributed by atoms with Crippen molar-refractivity contribution in [2.24, 2.45) is 0 Å². The lowest BCUT2D eigenvalue weighted by Gasteiger charge is -1.89. The first-order chi connectivity index (χ1) is 4.74. The average Bonchev–Trinajstić information content (AvgIpc) is 2.34. The Morgan fingerprint density at radius 1 is 1.70 bits per heavy atom. The molecule has 0 bridgehead atoms. The average molecular weight is 153 g/mol. The normalized spacial score (nSPS) is 12.5. The first-order valence-electron chi connectivity index (χ1n) is 2.94. The third kappa shape index (κ3) is 1.31. The molecule has 1 heterocycles. The van der Waals surface area contributed by atoms with Crippen LogP contribution in [-0.4, -0.2) is 9.36 Å². The monoisotopic (exact) mass is 153 g/mol. The summed E-state index contributed by atoms with van der Waals surface area (Å²) in [6.45, 7) is 3.64. The highest BCUT2D eigenvalue weighted by molar-refractivity contribution is 7.05. The molecule has 0 spiro atoms. The Balaban J connectivity index is 2.87. The summed E-state index contributed by atoms with van der Waals surface area (Å²) in [5.74, 6) is 0.633. The zero-order valence-electron chi connectivity index (χ0n) is 5.83. The van der Waals surface area contributed by atoms with Crippen LogP contribution in [0.25, 0.3) is 0 Å². The molecule has 0 aliphatic heterocycles. The van der Waals surface area contributed by atoms with Gasteiger partial charge in [0, 0.05) is 0 Å². The van der Waals surface area contributed by atoms with Gasteiger partial charge in [-0.2, -0.15) is 9.64 Å². The van der Waals surface area contributed by atoms with E-state index in [2.05, 4.69) is 15.4 Å². The van der Waals surface area contributed by atoms with E-state index in [1.54, 1.807) is 0 Å². The lowest BCUT2D eigenvalue weighted by molar-refractivity contribution is 0.943. The second-order valence-corrected chi connectivity index (χ2v) is 2.81. The van der Waals surface area contributed by atoms with E-state index in [1.165, 1.54) is 11.5 Å². The standard InChI is InChI=1S/C6H7N3S/c1-4(3-7)6-8-5(2)9-10-6/h4H,1-2H3. The summed E-state index contributed by atoms with van der Waals surface area (Å²) < 4.78 is 3.97. The molecule has 0 fully saturated rings. The van der Waals surface area contributed by atoms with Crippen LogP contribution in [0.2, 0.25) is 0 Å². The van der Waals surface area contributed by atoms with E-state index >= 15 is 0 Å². The molecule has 0 aromatic carbocycles. The van der Waals surface area contributed by atoms with Gasteiger partial charge in [0.25, 0.3) is 0 Å². The predicted octanol–water partition coefficient (Wildman–Crippen LogP) is 1.47. The Labute approximate surface area is 63.5 Å². The number of hydrogen-bond acceptors (Lipinski definition) is 4. The fourth-order valence-electron chi connectivity index (χ4n) is 0.544. The van der Waals surface area contributed by atoms with Gasteiger partial charge in [-0.3, -0.25) is 0 Å². The number of hydrogen-bond donors (Lipinski definition) is 0. The van der Waals surface area contributed by atoms with E-state index in [9.17, 15) is 0 Å². The molecule has 52 valence electrons. The van der Waals surface area contributed by atoms with Crippen molar-refractivity contribution in [2.75, 3.05) is 0 Å². The van der Waals surface area contributed by atoms with Gasteiger partial charge in [0.2, 0.25) is 0 Å². The van der Waals surface area contributed by atoms with Crippen molar-refractivity contribution in [3.05, 3.63) is 10.8 Å². The molecule has 0 saturated carbocycles. The quantitative estimate of drug-likeness (QED) is 0.614. The second-order valence-electron chi connectivity index (χ2n) is 2.03. The van der Waals surface area contributed by atoms with Crippen LogP contribution in [-0.2, 0) is 0 Å². The van der Waals surface area contributed by atoms with Crippen LogP contribution in [0.3, 0.4) is 0 Å². The van der Waals surface area contributed by atoms with Crippen molar-refractivity contribution in [2.45, 2.75) is 19.8 Å². The maximum absolute atomic E-state index is 8.49. The fourth-order valence-corrected chi connectivity index (χ4v) is 1.19. The molecule has 0 N–H and O–H groups in total. The number of nitriles is 1. The molecule has 1 aromatic heterocycles. The molecule has 1 aromatic rings. The zero-order chi connectivity index (χ0) is 7.56. The molecule has 3 nitrogen and oxygen atoms in total. The van der Waals surface area contributed by atoms with Gasteiger partial charge < -0.3 is 0 Å². The number of aromatic nitrogens is 2. The van der Waals surface area contributed by atoms with Gasteiger partial charge in [0.05, 0.1) is 12.0 Å². The molecule has 1 atom stereocenters. The van der Waals surface area contributed by atoms with Crippen molar-refractivity contribution in [3.8, 4) is 6.07 Å². The van der Waals surface area contributed by atoms with Gasteiger partial charge in [0.15, 0.2) is 0 Å². The summed E-state index contributed by atoms with van der Waals surface area (Å²) in [5, 5.41) is 9.29. The Morgan fingerprint density at radius 2 is 2.40 bits per heavy atom. The Bertz CT molecular complexity index is 260. The number of nitrogens with zero attached hydrogens (tertiary/aromatic N) is 3. The van der Waals surface area contributed by atoms with Crippen molar-refractivity contribution >= 4 is 11.5 Å². The molecular formula is C6H7N3S. The zero-order valence-corrected chi connectivity index (χ0v) is 6.64. The summed E-state index contributed by atoms with van der Waals surface area (Å²) >= 11 is 1.30. The van der Waals surface area contributed by atoms with Crippen LogP contribution in [0.1, 0.15) is 23.7 Å². The Kier molecular flexibility index (Phi) is 1.97. The van der Waals surface area contributed by atoms with Crippen LogP contribution in [0.15, 0.2) is 0 Å². The Hall–Kier alpha value is -0.950. The van der Waals surface area contributed by atoms with Crippen molar-refractivity contribution in [1.29, 1.82) is 5.26 Å². The maximum Gasteiger partial charge on any atom is 0.139 e. The molecule has 0 aliphatic rings. The summed E-state index contributed by atoms with van der Waals surface area (Å²) in [6, 6.07) is 2.10. The van der Waals surface area contributed by atoms with Gasteiger partial charge in [-0.25, -0.2) is 4.98 Å². The third-order valence-corrected chi connectivity index (χ3v) is 2.09. The third-order valence-electron chi connectivity index (χ3n) is 1.11. The second kappa shape index (κ2) is 2.76. The first kappa shape index (κ1) is 7.16. The molecule has 0 radical (unpaired) electrons. The van der Waals surface area contributed by atoms with Crippen LogP contribution in [0, 0.1) is 18.3 Å². The van der Waals surface area contributed by atoms with Gasteiger partial charge in [-0.05, 0) is 25.4 Å². The fraction of sp³-hybridized carbons (Fsp3) is 0.500. The lowest BCUT2D eigenvalue weighted by atomic mass is 10.2. The summed E-state index contributed by atoms with van der Waals surface area (Å²) in [6.07, 6.45) is 0. The summed E-state index contributed by atoms with van der Waals surface area (Å²) in [7, 11) is 0. The molecule has 1 rings (SSSR count). The van der Waals surface area contributed by atoms with Crippen LogP contribution < -0.4 is 0 Å². The van der Waals surface area contributed by atoms with E-state index in [0.29, 0.717) is 0 Å². The van der Waals surface area contributed by atoms with E-state index in [0.717, 1.165) is 10.8 Å². The molecule has 0 saturated heterocycles. The van der Waals surface area contributed by atoms with E-state index < -0.39 is 0 Å². The van der Waals surface area contributed by atoms with Crippen molar-refractivity contribution < 1.29 is 0 Å². The van der Waals surface area contributed by atoms with Crippen LogP contribution >= 0.6 is 11.5 Å². The highest BCUT2D eigenvalue weighted by Crippen LogP contribution is 2.15. The van der Waals surface area contributed by atoms with E-state index in [1.807, 2.05) is 13.8 Å². The number of rotatable bonds is 1. The topological polar surface area (TPSA) is 49.6 Å². The van der Waals surface area contributed by atoms with Gasteiger partial charge >= 0.3 is 0 Å². The van der Waals surface area contributed by atoms with Crippen molar-refractivity contribution in [3.63, 3.8) is 0 Å². The predicted molar refractivity (Wildman–Crippen MR) is 38.7 cm³/mol. The minimum absolute atomic E-state index is 0.119. The van der Waals surface area contributed by atoms with Gasteiger partial charge in [0.1, 0.15) is 10.8 Å². The van der Waals surface area contributed by atoms with Gasteiger partial charge in [-0.15, -0.1) is 0 Å². The summed E-state index contributed by atoms with van der Waals surface area (Å²) in [4.78, 5) is 4.07. The molecule has 4 heteroatoms. The van der Waals surface area contributed by atoms with E-state index in [-0.39, 0.29) is 5.92 Å². The molecule has 0 aliphatic carbocycles. The molecule has 0 amide bonds. The van der Waals surface area contributed by atoms with Gasteiger partial charge in [-0.1, -0.05) is 0 Å². The largest absolute Gasteiger partial charge is 0.223 e. The van der Waals surface area contributed by atoms with E-state index in [4.69, 9.17) is 5.26 Å². The minimum Gasteiger partial charge on any atom is -0.223 e.